The number of nitrogens with one attached hydrogen (secondary N) is 1. The molecule has 0 amide bonds. The Kier molecular flexibility index (Phi) is 4.49. The molecule has 2 N–H and O–H groups in total. The summed E-state index contributed by atoms with van der Waals surface area (Å²) in [5.41, 5.74) is 2.23. The van der Waals surface area contributed by atoms with Gasteiger partial charge in [-0.15, -0.1) is 0 Å². The second-order valence-corrected chi connectivity index (χ2v) is 7.25. The van der Waals surface area contributed by atoms with E-state index in [1.165, 1.54) is 0 Å². The lowest BCUT2D eigenvalue weighted by Gasteiger charge is -2.16. The summed E-state index contributed by atoms with van der Waals surface area (Å²) >= 11 is 0. The van der Waals surface area contributed by atoms with E-state index < -0.39 is 10.0 Å². The van der Waals surface area contributed by atoms with E-state index in [1.807, 2.05) is 20.0 Å². The molecule has 1 fully saturated rings. The molecule has 1 atom stereocenters. The number of rotatable bonds is 4. The molecule has 5 nitrogen and oxygen atoms in total. The van der Waals surface area contributed by atoms with Crippen molar-refractivity contribution in [2.24, 2.45) is 0 Å². The minimum absolute atomic E-state index is 0.0394. The maximum atomic E-state index is 12.5. The largest absolute Gasteiger partial charge is 0.392 e. The molecule has 0 bridgehead atoms. The number of hydrogen-bond acceptors (Lipinski definition) is 4. The van der Waals surface area contributed by atoms with Crippen LogP contribution in [0.15, 0.2) is 17.0 Å². The van der Waals surface area contributed by atoms with Gasteiger partial charge in [-0.2, -0.15) is 0 Å². The van der Waals surface area contributed by atoms with Gasteiger partial charge in [-0.1, -0.05) is 6.07 Å². The average Bonchev–Trinajstić information content (AvgIpc) is 2.76. The van der Waals surface area contributed by atoms with Crippen molar-refractivity contribution in [1.29, 1.82) is 0 Å². The summed E-state index contributed by atoms with van der Waals surface area (Å²) in [6, 6.07) is 3.34. The molecule has 0 aliphatic carbocycles. The number of likely N-dealkylation sites (N-methyl/N-ethyl adjacent to an activating group) is 1. The lowest BCUT2D eigenvalue weighted by Crippen LogP contribution is -2.36. The molecular weight excluding hydrogens is 276 g/mol. The predicted octanol–water partition coefficient (Wildman–Crippen LogP) is 0.778. The van der Waals surface area contributed by atoms with Gasteiger partial charge in [0.15, 0.2) is 0 Å². The van der Waals surface area contributed by atoms with Crippen molar-refractivity contribution in [1.82, 2.24) is 9.62 Å². The van der Waals surface area contributed by atoms with E-state index in [9.17, 15) is 13.5 Å². The summed E-state index contributed by atoms with van der Waals surface area (Å²) in [6.45, 7) is 5.14. The highest BCUT2D eigenvalue weighted by atomic mass is 32.2. The first-order valence-corrected chi connectivity index (χ1v) is 8.23. The fraction of sp³-hybridized carbons (Fsp3) is 0.571. The molecule has 0 saturated carbocycles. The summed E-state index contributed by atoms with van der Waals surface area (Å²) in [5.74, 6) is 0. The van der Waals surface area contributed by atoms with Crippen LogP contribution in [0, 0.1) is 13.8 Å². The highest BCUT2D eigenvalue weighted by Gasteiger charge is 2.27. The van der Waals surface area contributed by atoms with Gasteiger partial charge < -0.3 is 10.0 Å². The standard InChI is InChI=1S/C14H22N2O3S/c1-10-6-12(9-17)7-14(11(10)2)20(18,19)15-13-4-5-16(3)8-13/h6-7,13,15,17H,4-5,8-9H2,1-3H3. The summed E-state index contributed by atoms with van der Waals surface area (Å²) < 4.78 is 27.8. The smallest absolute Gasteiger partial charge is 0.241 e. The van der Waals surface area contributed by atoms with Gasteiger partial charge in [0.1, 0.15) is 0 Å². The van der Waals surface area contributed by atoms with Gasteiger partial charge in [0, 0.05) is 12.6 Å². The molecule has 0 spiro atoms. The first-order valence-electron chi connectivity index (χ1n) is 6.75. The van der Waals surface area contributed by atoms with Crippen LogP contribution in [-0.4, -0.2) is 44.6 Å². The normalized spacial score (nSPS) is 20.5. The number of likely N-dealkylation sites (tertiary alicyclic amines) is 1. The Labute approximate surface area is 120 Å². The van der Waals surface area contributed by atoms with Crippen molar-refractivity contribution < 1.29 is 13.5 Å². The quantitative estimate of drug-likeness (QED) is 0.862. The van der Waals surface area contributed by atoms with E-state index in [1.54, 1.807) is 13.0 Å². The molecule has 1 aliphatic heterocycles. The Morgan fingerprint density at radius 3 is 2.65 bits per heavy atom. The molecule has 112 valence electrons. The zero-order valence-electron chi connectivity index (χ0n) is 12.2. The lowest BCUT2D eigenvalue weighted by atomic mass is 10.1. The average molecular weight is 298 g/mol. The predicted molar refractivity (Wildman–Crippen MR) is 78.1 cm³/mol. The lowest BCUT2D eigenvalue weighted by molar-refractivity contribution is 0.281. The molecule has 1 saturated heterocycles. The second-order valence-electron chi connectivity index (χ2n) is 5.56. The highest BCUT2D eigenvalue weighted by Crippen LogP contribution is 2.22. The van der Waals surface area contributed by atoms with Gasteiger partial charge in [0.2, 0.25) is 10.0 Å². The highest BCUT2D eigenvalue weighted by molar-refractivity contribution is 7.89. The van der Waals surface area contributed by atoms with Crippen molar-refractivity contribution in [2.75, 3.05) is 20.1 Å². The van der Waals surface area contributed by atoms with Gasteiger partial charge in [-0.25, -0.2) is 13.1 Å². The van der Waals surface area contributed by atoms with Crippen LogP contribution in [-0.2, 0) is 16.6 Å². The van der Waals surface area contributed by atoms with E-state index in [-0.39, 0.29) is 17.5 Å². The number of aliphatic hydroxyl groups excluding tert-OH is 1. The number of benzene rings is 1. The molecule has 1 heterocycles. The number of sulfonamides is 1. The van der Waals surface area contributed by atoms with Crippen LogP contribution in [0.5, 0.6) is 0 Å². The van der Waals surface area contributed by atoms with E-state index in [4.69, 9.17) is 0 Å². The van der Waals surface area contributed by atoms with Gasteiger partial charge in [-0.3, -0.25) is 0 Å². The third-order valence-electron chi connectivity index (χ3n) is 3.86. The van der Waals surface area contributed by atoms with E-state index in [0.717, 1.165) is 30.6 Å². The first-order chi connectivity index (χ1) is 9.33. The summed E-state index contributed by atoms with van der Waals surface area (Å²) in [4.78, 5) is 2.38. The Bertz CT molecular complexity index is 599. The van der Waals surface area contributed by atoms with Crippen LogP contribution in [0.2, 0.25) is 0 Å². The molecular formula is C14H22N2O3S. The second kappa shape index (κ2) is 5.81. The minimum atomic E-state index is -3.54. The minimum Gasteiger partial charge on any atom is -0.392 e. The maximum Gasteiger partial charge on any atom is 0.241 e. The third-order valence-corrected chi connectivity index (χ3v) is 5.51. The van der Waals surface area contributed by atoms with Crippen LogP contribution in [0.4, 0.5) is 0 Å². The van der Waals surface area contributed by atoms with Crippen LogP contribution in [0.1, 0.15) is 23.1 Å². The molecule has 0 aromatic heterocycles. The van der Waals surface area contributed by atoms with E-state index in [2.05, 4.69) is 9.62 Å². The molecule has 1 aromatic rings. The summed E-state index contributed by atoms with van der Waals surface area (Å²) in [6.07, 6.45) is 0.827. The van der Waals surface area contributed by atoms with Gasteiger partial charge in [0.05, 0.1) is 11.5 Å². The van der Waals surface area contributed by atoms with Crippen molar-refractivity contribution in [3.8, 4) is 0 Å². The molecule has 1 unspecified atom stereocenters. The van der Waals surface area contributed by atoms with E-state index >= 15 is 0 Å². The molecule has 2 rings (SSSR count). The number of nitrogens with zero attached hydrogens (tertiary/aromatic N) is 1. The summed E-state index contributed by atoms with van der Waals surface area (Å²) in [7, 11) is -1.56. The Morgan fingerprint density at radius 1 is 1.40 bits per heavy atom. The fourth-order valence-corrected chi connectivity index (χ4v) is 4.21. The molecule has 6 heteroatoms. The number of aliphatic hydroxyl groups is 1. The first kappa shape index (κ1) is 15.4. The number of aryl methyl sites for hydroxylation is 1. The van der Waals surface area contributed by atoms with Gasteiger partial charge in [-0.05, 0) is 56.6 Å². The molecule has 1 aromatic carbocycles. The van der Waals surface area contributed by atoms with Crippen LogP contribution < -0.4 is 4.72 Å². The van der Waals surface area contributed by atoms with Crippen molar-refractivity contribution >= 4 is 10.0 Å². The SMILES string of the molecule is Cc1cc(CO)cc(S(=O)(=O)NC2CCN(C)C2)c1C. The molecule has 1 aliphatic rings. The van der Waals surface area contributed by atoms with Crippen molar-refractivity contribution in [3.05, 3.63) is 28.8 Å². The Balaban J connectivity index is 2.31. The van der Waals surface area contributed by atoms with E-state index in [0.29, 0.717) is 5.56 Å². The zero-order valence-corrected chi connectivity index (χ0v) is 13.0. The maximum absolute atomic E-state index is 12.5. The topological polar surface area (TPSA) is 69.6 Å². The fourth-order valence-electron chi connectivity index (χ4n) is 2.58. The van der Waals surface area contributed by atoms with Crippen LogP contribution in [0.25, 0.3) is 0 Å². The van der Waals surface area contributed by atoms with Crippen molar-refractivity contribution in [2.45, 2.75) is 37.8 Å². The Morgan fingerprint density at radius 2 is 2.10 bits per heavy atom. The Hall–Kier alpha value is -0.950. The molecule has 0 radical (unpaired) electrons. The zero-order chi connectivity index (χ0) is 14.9. The number of hydrogen-bond donors (Lipinski definition) is 2. The van der Waals surface area contributed by atoms with Gasteiger partial charge in [0.25, 0.3) is 0 Å². The van der Waals surface area contributed by atoms with Crippen molar-refractivity contribution in [3.63, 3.8) is 0 Å². The van der Waals surface area contributed by atoms with Gasteiger partial charge >= 0.3 is 0 Å². The molecule has 20 heavy (non-hydrogen) atoms. The third kappa shape index (κ3) is 3.20. The van der Waals surface area contributed by atoms with Crippen LogP contribution >= 0.6 is 0 Å². The monoisotopic (exact) mass is 298 g/mol. The van der Waals surface area contributed by atoms with Crippen LogP contribution in [0.3, 0.4) is 0 Å². The summed E-state index contributed by atoms with van der Waals surface area (Å²) in [5, 5.41) is 9.24.